The highest BCUT2D eigenvalue weighted by Gasteiger charge is 2.09. The third-order valence-corrected chi connectivity index (χ3v) is 4.58. The molecule has 0 nitrogen and oxygen atoms in total. The highest BCUT2D eigenvalue weighted by molar-refractivity contribution is 6.21. The van der Waals surface area contributed by atoms with Crippen LogP contribution in [-0.2, 0) is 0 Å². The van der Waals surface area contributed by atoms with E-state index in [0.717, 1.165) is 0 Å². The summed E-state index contributed by atoms with van der Waals surface area (Å²) in [6.45, 7) is 6.48. The lowest BCUT2D eigenvalue weighted by Gasteiger charge is -2.11. The Morgan fingerprint density at radius 2 is 1.57 bits per heavy atom. The van der Waals surface area contributed by atoms with Crippen molar-refractivity contribution in [3.05, 3.63) is 71.3 Å². The van der Waals surface area contributed by atoms with Crippen LogP contribution in [0.2, 0.25) is 0 Å². The van der Waals surface area contributed by atoms with Gasteiger partial charge < -0.3 is 0 Å². The minimum absolute atomic E-state index is 1.18. The van der Waals surface area contributed by atoms with Crippen LogP contribution in [0, 0.1) is 32.9 Å². The zero-order chi connectivity index (χ0) is 14.6. The largest absolute Gasteiger partial charge is 0.0661 e. The number of aryl methyl sites for hydroxylation is 2. The van der Waals surface area contributed by atoms with Gasteiger partial charge in [0, 0.05) is 16.3 Å². The molecule has 0 amide bonds. The maximum absolute atomic E-state index is 3.40. The standard InChI is InChI=1S/C21H16/c1-13-8-10-19-20(15(13)3)12-14(2)17-11-9-16-6-4-5-7-18(16)21(17)19/h4-7,9,11-12H,1-3H3. The summed E-state index contributed by atoms with van der Waals surface area (Å²) in [6.07, 6.45) is 0. The molecule has 100 valence electrons. The number of hydrogen-bond donors (Lipinski definition) is 0. The van der Waals surface area contributed by atoms with E-state index in [-0.39, 0.29) is 0 Å². The minimum atomic E-state index is 1.18. The van der Waals surface area contributed by atoms with Crippen LogP contribution in [0.5, 0.6) is 0 Å². The van der Waals surface area contributed by atoms with Crippen LogP contribution in [0.3, 0.4) is 0 Å². The van der Waals surface area contributed by atoms with Crippen LogP contribution in [0.4, 0.5) is 0 Å². The van der Waals surface area contributed by atoms with Crippen molar-refractivity contribution in [3.63, 3.8) is 0 Å². The summed E-state index contributed by atoms with van der Waals surface area (Å²) in [5.41, 5.74) is 3.81. The van der Waals surface area contributed by atoms with Gasteiger partial charge in [-0.15, -0.1) is 0 Å². The van der Waals surface area contributed by atoms with E-state index in [1.165, 1.54) is 49.0 Å². The van der Waals surface area contributed by atoms with Gasteiger partial charge in [0.2, 0.25) is 0 Å². The molecule has 0 N–H and O–H groups in total. The molecule has 21 heavy (non-hydrogen) atoms. The summed E-state index contributed by atoms with van der Waals surface area (Å²) in [7, 11) is 0. The Hall–Kier alpha value is -2.52. The SMILES string of the molecule is Cc1c#cc2c(cc(C)c3ccc4ccccc4c32)c1C. The molecule has 4 aromatic rings. The van der Waals surface area contributed by atoms with Crippen molar-refractivity contribution in [2.75, 3.05) is 0 Å². The molecule has 0 radical (unpaired) electrons. The highest BCUT2D eigenvalue weighted by atomic mass is 14.1. The molecule has 0 aliphatic rings. The fourth-order valence-electron chi connectivity index (χ4n) is 3.25. The normalized spacial score (nSPS) is 11.2. The first-order valence-electron chi connectivity index (χ1n) is 7.32. The average Bonchev–Trinajstić information content (AvgIpc) is 2.51. The summed E-state index contributed by atoms with van der Waals surface area (Å²) in [6, 6.07) is 22.0. The third-order valence-electron chi connectivity index (χ3n) is 4.58. The maximum Gasteiger partial charge on any atom is 0.0409 e. The lowest BCUT2D eigenvalue weighted by atomic mass is 9.92. The van der Waals surface area contributed by atoms with E-state index in [1.54, 1.807) is 0 Å². The van der Waals surface area contributed by atoms with Crippen molar-refractivity contribution in [3.8, 4) is 0 Å². The highest BCUT2D eigenvalue weighted by Crippen LogP contribution is 2.34. The van der Waals surface area contributed by atoms with Crippen LogP contribution < -0.4 is 0 Å². The van der Waals surface area contributed by atoms with Gasteiger partial charge in [0.05, 0.1) is 0 Å². The van der Waals surface area contributed by atoms with E-state index in [0.29, 0.717) is 0 Å². The smallest absolute Gasteiger partial charge is 0.0409 e. The number of hydrogen-bond acceptors (Lipinski definition) is 0. The van der Waals surface area contributed by atoms with E-state index in [4.69, 9.17) is 0 Å². The second-order valence-electron chi connectivity index (χ2n) is 5.83. The molecule has 0 aromatic heterocycles. The van der Waals surface area contributed by atoms with Gasteiger partial charge in [-0.2, -0.15) is 0 Å². The van der Waals surface area contributed by atoms with Gasteiger partial charge in [-0.1, -0.05) is 48.5 Å². The van der Waals surface area contributed by atoms with Crippen molar-refractivity contribution in [2.24, 2.45) is 0 Å². The van der Waals surface area contributed by atoms with Crippen molar-refractivity contribution >= 4 is 32.3 Å². The lowest BCUT2D eigenvalue weighted by Crippen LogP contribution is -1.88. The van der Waals surface area contributed by atoms with E-state index in [2.05, 4.69) is 75.4 Å². The number of rotatable bonds is 0. The Balaban J connectivity index is 2.38. The van der Waals surface area contributed by atoms with E-state index in [9.17, 15) is 0 Å². The van der Waals surface area contributed by atoms with Crippen LogP contribution in [0.1, 0.15) is 16.7 Å². The maximum atomic E-state index is 3.40. The zero-order valence-corrected chi connectivity index (χ0v) is 12.5. The minimum Gasteiger partial charge on any atom is -0.0661 e. The molecule has 0 atom stereocenters. The molecule has 0 unspecified atom stereocenters. The molecule has 4 aromatic carbocycles. The van der Waals surface area contributed by atoms with Crippen molar-refractivity contribution in [2.45, 2.75) is 20.8 Å². The van der Waals surface area contributed by atoms with E-state index in [1.807, 2.05) is 0 Å². The van der Waals surface area contributed by atoms with Crippen LogP contribution >= 0.6 is 0 Å². The summed E-state index contributed by atoms with van der Waals surface area (Å²) in [5.74, 6) is 0. The Kier molecular flexibility index (Phi) is 2.47. The number of benzene rings is 3. The molecule has 0 aliphatic carbocycles. The fraction of sp³-hybridized carbons (Fsp3) is 0.143. The molecule has 0 bridgehead atoms. The first-order valence-corrected chi connectivity index (χ1v) is 7.32. The second-order valence-corrected chi connectivity index (χ2v) is 5.83. The van der Waals surface area contributed by atoms with Gasteiger partial charge in [0.25, 0.3) is 0 Å². The van der Waals surface area contributed by atoms with Gasteiger partial charge in [0.1, 0.15) is 0 Å². The Morgan fingerprint density at radius 1 is 0.762 bits per heavy atom. The molecular formula is C21H16. The molecular weight excluding hydrogens is 252 g/mol. The molecule has 0 fully saturated rings. The fourth-order valence-corrected chi connectivity index (χ4v) is 3.25. The Morgan fingerprint density at radius 3 is 2.43 bits per heavy atom. The molecule has 0 heterocycles. The first kappa shape index (κ1) is 12.2. The summed E-state index contributed by atoms with van der Waals surface area (Å²) < 4.78 is 0. The van der Waals surface area contributed by atoms with Gasteiger partial charge >= 0.3 is 0 Å². The monoisotopic (exact) mass is 268 g/mol. The van der Waals surface area contributed by atoms with Crippen molar-refractivity contribution in [1.29, 1.82) is 0 Å². The zero-order valence-electron chi connectivity index (χ0n) is 12.5. The lowest BCUT2D eigenvalue weighted by molar-refractivity contribution is 1.39. The summed E-state index contributed by atoms with van der Waals surface area (Å²) in [4.78, 5) is 0. The van der Waals surface area contributed by atoms with Gasteiger partial charge in [-0.25, -0.2) is 0 Å². The average molecular weight is 268 g/mol. The van der Waals surface area contributed by atoms with Crippen LogP contribution in [0.25, 0.3) is 32.3 Å². The van der Waals surface area contributed by atoms with Gasteiger partial charge in [-0.3, -0.25) is 0 Å². The predicted molar refractivity (Wildman–Crippen MR) is 90.8 cm³/mol. The predicted octanol–water partition coefficient (Wildman–Crippen LogP) is 5.67. The molecule has 4 rings (SSSR count). The van der Waals surface area contributed by atoms with Crippen molar-refractivity contribution < 1.29 is 0 Å². The molecule has 0 spiro atoms. The van der Waals surface area contributed by atoms with Gasteiger partial charge in [0.15, 0.2) is 0 Å². The van der Waals surface area contributed by atoms with Crippen molar-refractivity contribution in [1.82, 2.24) is 0 Å². The third kappa shape index (κ3) is 1.64. The molecule has 0 aliphatic heterocycles. The molecule has 0 saturated heterocycles. The van der Waals surface area contributed by atoms with Crippen LogP contribution in [-0.4, -0.2) is 0 Å². The molecule has 0 heteroatoms. The van der Waals surface area contributed by atoms with Crippen LogP contribution in [0.15, 0.2) is 42.5 Å². The topological polar surface area (TPSA) is 0 Å². The Labute approximate surface area is 125 Å². The number of fused-ring (bicyclic) bond motifs is 5. The molecule has 0 saturated carbocycles. The summed E-state index contributed by atoms with van der Waals surface area (Å²) in [5, 5.41) is 7.69. The first-order chi connectivity index (χ1) is 10.2. The van der Waals surface area contributed by atoms with E-state index < -0.39 is 0 Å². The summed E-state index contributed by atoms with van der Waals surface area (Å²) >= 11 is 0. The Bertz CT molecular complexity index is 1010. The second kappa shape index (κ2) is 4.24. The van der Waals surface area contributed by atoms with E-state index >= 15 is 0 Å². The van der Waals surface area contributed by atoms with Gasteiger partial charge in [-0.05, 0) is 59.5 Å². The quantitative estimate of drug-likeness (QED) is 0.360.